The van der Waals surface area contributed by atoms with Crippen molar-refractivity contribution in [2.75, 3.05) is 31.8 Å². The van der Waals surface area contributed by atoms with Crippen LogP contribution in [0.5, 0.6) is 0 Å². The summed E-state index contributed by atoms with van der Waals surface area (Å²) in [5, 5.41) is 13.8. The summed E-state index contributed by atoms with van der Waals surface area (Å²) in [5.41, 5.74) is 0.351. The van der Waals surface area contributed by atoms with Crippen molar-refractivity contribution in [2.45, 2.75) is 69.0 Å². The summed E-state index contributed by atoms with van der Waals surface area (Å²) in [6.07, 6.45) is 5.91. The molecule has 4 aliphatic rings. The highest BCUT2D eigenvalue weighted by molar-refractivity contribution is 6.34. The summed E-state index contributed by atoms with van der Waals surface area (Å²) in [5.74, 6) is -4.17. The summed E-state index contributed by atoms with van der Waals surface area (Å²) < 4.78 is 18.5. The number of likely N-dealkylation sites (tertiary alicyclic amines) is 1. The number of hydrogen-bond donors (Lipinski definition) is 2. The van der Waals surface area contributed by atoms with Crippen LogP contribution < -0.4 is 10.2 Å². The number of carbonyl (C=O) groups is 4. The van der Waals surface area contributed by atoms with Gasteiger partial charge in [-0.05, 0) is 37.0 Å². The Kier molecular flexibility index (Phi) is 10.3. The number of amides is 3. The largest absolute Gasteiger partial charge is 0.455 e. The zero-order chi connectivity index (χ0) is 34.9. The average molecular weight is 692 g/mol. The van der Waals surface area contributed by atoms with E-state index in [1.165, 1.54) is 12.0 Å². The van der Waals surface area contributed by atoms with E-state index in [0.717, 1.165) is 5.56 Å². The van der Waals surface area contributed by atoms with Crippen LogP contribution >= 0.6 is 11.6 Å². The predicted molar refractivity (Wildman–Crippen MR) is 182 cm³/mol. The summed E-state index contributed by atoms with van der Waals surface area (Å²) in [7, 11) is 1.50. The van der Waals surface area contributed by atoms with E-state index in [4.69, 9.17) is 25.8 Å². The molecule has 4 aliphatic heterocycles. The van der Waals surface area contributed by atoms with E-state index < -0.39 is 72.2 Å². The molecule has 6 rings (SSSR count). The first-order valence-corrected chi connectivity index (χ1v) is 17.1. The first-order valence-electron chi connectivity index (χ1n) is 16.7. The minimum Gasteiger partial charge on any atom is -0.455 e. The van der Waals surface area contributed by atoms with Crippen LogP contribution in [-0.4, -0.2) is 90.4 Å². The van der Waals surface area contributed by atoms with Gasteiger partial charge in [0.1, 0.15) is 23.7 Å². The molecule has 2 saturated heterocycles. The van der Waals surface area contributed by atoms with Gasteiger partial charge >= 0.3 is 5.97 Å². The van der Waals surface area contributed by atoms with Gasteiger partial charge in [0.05, 0.1) is 48.0 Å². The summed E-state index contributed by atoms with van der Waals surface area (Å²) in [4.78, 5) is 60.2. The lowest BCUT2D eigenvalue weighted by Gasteiger charge is -2.38. The summed E-state index contributed by atoms with van der Waals surface area (Å²) in [6, 6.07) is 11.7. The number of aliphatic hydroxyl groups excluding tert-OH is 1. The molecule has 12 heteroatoms. The molecule has 49 heavy (non-hydrogen) atoms. The van der Waals surface area contributed by atoms with Crippen molar-refractivity contribution in [1.29, 1.82) is 0 Å². The molecule has 0 bridgehead atoms. The second-order valence-corrected chi connectivity index (χ2v) is 13.4. The second kappa shape index (κ2) is 14.4. The zero-order valence-electron chi connectivity index (χ0n) is 27.8. The van der Waals surface area contributed by atoms with Crippen LogP contribution in [0.3, 0.4) is 0 Å². The highest BCUT2D eigenvalue weighted by Crippen LogP contribution is 2.54. The third kappa shape index (κ3) is 6.18. The van der Waals surface area contributed by atoms with Gasteiger partial charge in [-0.15, -0.1) is 0 Å². The van der Waals surface area contributed by atoms with E-state index in [-0.39, 0.29) is 25.5 Å². The number of esters is 1. The lowest BCUT2D eigenvalue weighted by molar-refractivity contribution is -0.162. The number of halogens is 1. The molecule has 11 nitrogen and oxygen atoms in total. The number of nitrogens with zero attached hydrogens (tertiary/aromatic N) is 2. The molecule has 2 aromatic rings. The van der Waals surface area contributed by atoms with Crippen molar-refractivity contribution < 1.29 is 38.5 Å². The van der Waals surface area contributed by atoms with Gasteiger partial charge in [0, 0.05) is 20.1 Å². The van der Waals surface area contributed by atoms with Crippen molar-refractivity contribution in [1.82, 2.24) is 10.2 Å². The van der Waals surface area contributed by atoms with Crippen molar-refractivity contribution in [3.63, 3.8) is 0 Å². The Morgan fingerprint density at radius 3 is 2.55 bits per heavy atom. The fourth-order valence-electron chi connectivity index (χ4n) is 7.80. The topological polar surface area (TPSA) is 135 Å². The summed E-state index contributed by atoms with van der Waals surface area (Å²) in [6.45, 7) is 3.50. The number of ether oxygens (including phenoxy) is 3. The van der Waals surface area contributed by atoms with E-state index in [1.54, 1.807) is 65.6 Å². The number of nitrogens with one attached hydrogen (secondary N) is 1. The van der Waals surface area contributed by atoms with Crippen LogP contribution in [0.25, 0.3) is 0 Å². The number of methoxy groups -OCH3 is 1. The standard InChI is InChI=1S/C37H42ClN3O8/c1-4-24(20-42)41-33-35(45)40(31-22(2)12-10-15-25(31)38)19-11-18-37(33)30(34(41)44)29-27(49-37)16-8-9-17-28(43)39-26(21-47-3)32(48-36(29)46)23-13-6-5-7-14-23/h5-8,10-16,18,24,26-27,29-30,32-33,42H,4,9,17,19-21H2,1-3H3,(H,39,43)/b16-8-/t24-,26+,27+,29-,30-,32+,33+,37-/m0/s1. The Labute approximate surface area is 290 Å². The van der Waals surface area contributed by atoms with Crippen LogP contribution in [0, 0.1) is 18.8 Å². The number of allylic oxidation sites excluding steroid dienone is 1. The van der Waals surface area contributed by atoms with Crippen LogP contribution in [0.1, 0.15) is 43.4 Å². The third-order valence-corrected chi connectivity index (χ3v) is 10.3. The Morgan fingerprint density at radius 1 is 1.08 bits per heavy atom. The molecule has 0 aliphatic carbocycles. The van der Waals surface area contributed by atoms with Crippen LogP contribution in [0.2, 0.25) is 5.02 Å². The fraction of sp³-hybridized carbons (Fsp3) is 0.459. The number of cyclic esters (lactones) is 1. The van der Waals surface area contributed by atoms with E-state index in [1.807, 2.05) is 26.0 Å². The number of rotatable bonds is 7. The maximum atomic E-state index is 14.9. The summed E-state index contributed by atoms with van der Waals surface area (Å²) >= 11 is 6.66. The molecule has 4 heterocycles. The van der Waals surface area contributed by atoms with Gasteiger partial charge in [0.2, 0.25) is 11.8 Å². The van der Waals surface area contributed by atoms with Crippen LogP contribution in [0.4, 0.5) is 5.69 Å². The number of benzene rings is 2. The van der Waals surface area contributed by atoms with Crippen molar-refractivity contribution in [3.8, 4) is 0 Å². The molecule has 0 aromatic heterocycles. The number of fused-ring (bicyclic) bond motifs is 2. The van der Waals surface area contributed by atoms with Gasteiger partial charge in [0.15, 0.2) is 0 Å². The number of aryl methyl sites for hydroxylation is 1. The molecule has 2 N–H and O–H groups in total. The third-order valence-electron chi connectivity index (χ3n) is 10.0. The molecule has 2 fully saturated rings. The average Bonchev–Trinajstić information content (AvgIpc) is 3.48. The quantitative estimate of drug-likeness (QED) is 0.332. The number of aliphatic hydroxyl groups is 1. The maximum Gasteiger partial charge on any atom is 0.313 e. The molecular formula is C37H42ClN3O8. The Hall–Kier alpha value is -4.03. The molecule has 0 unspecified atom stereocenters. The van der Waals surface area contributed by atoms with E-state index >= 15 is 0 Å². The highest BCUT2D eigenvalue weighted by atomic mass is 35.5. The van der Waals surface area contributed by atoms with E-state index in [2.05, 4.69) is 5.32 Å². The molecule has 3 amide bonds. The van der Waals surface area contributed by atoms with Crippen molar-refractivity contribution in [3.05, 3.63) is 89.0 Å². The SMILES string of the molecule is CC[C@@H](CO)N1C(=O)[C@@H]2[C@H]3C(=O)O[C@H](c4ccccc4)[C@@H](COC)NC(=O)CC/C=C\[C@H]3O[C@@]23C=CCN(c2c(C)cccc2Cl)C(=O)[C@@H]13. The van der Waals surface area contributed by atoms with Crippen LogP contribution in [0.15, 0.2) is 72.8 Å². The lowest BCUT2D eigenvalue weighted by Crippen LogP contribution is -2.58. The second-order valence-electron chi connectivity index (χ2n) is 13.0. The lowest BCUT2D eigenvalue weighted by atomic mass is 9.77. The minimum absolute atomic E-state index is 0.0599. The van der Waals surface area contributed by atoms with Crippen molar-refractivity contribution >= 4 is 41.0 Å². The predicted octanol–water partition coefficient (Wildman–Crippen LogP) is 3.67. The molecule has 0 radical (unpaired) electrons. The molecule has 260 valence electrons. The monoisotopic (exact) mass is 691 g/mol. The molecule has 0 saturated carbocycles. The number of para-hydroxylation sites is 1. The molecule has 1 spiro atoms. The fourth-order valence-corrected chi connectivity index (χ4v) is 8.13. The van der Waals surface area contributed by atoms with Gasteiger partial charge in [-0.2, -0.15) is 0 Å². The van der Waals surface area contributed by atoms with Gasteiger partial charge < -0.3 is 34.4 Å². The Balaban J connectivity index is 1.48. The zero-order valence-corrected chi connectivity index (χ0v) is 28.5. The van der Waals surface area contributed by atoms with Crippen LogP contribution in [-0.2, 0) is 33.4 Å². The van der Waals surface area contributed by atoms with Gasteiger partial charge in [-0.25, -0.2) is 0 Å². The number of anilines is 1. The molecular weight excluding hydrogens is 650 g/mol. The van der Waals surface area contributed by atoms with Gasteiger partial charge in [-0.3, -0.25) is 19.2 Å². The van der Waals surface area contributed by atoms with Crippen molar-refractivity contribution in [2.24, 2.45) is 11.8 Å². The Bertz CT molecular complexity index is 1620. The minimum atomic E-state index is -1.57. The number of hydrogen-bond acceptors (Lipinski definition) is 8. The number of carbonyl (C=O) groups excluding carboxylic acids is 4. The normalized spacial score (nSPS) is 31.4. The first kappa shape index (κ1) is 34.8. The van der Waals surface area contributed by atoms with E-state index in [9.17, 15) is 24.3 Å². The molecule has 8 atom stereocenters. The maximum absolute atomic E-state index is 14.9. The Morgan fingerprint density at radius 2 is 1.86 bits per heavy atom. The van der Waals surface area contributed by atoms with E-state index in [0.29, 0.717) is 29.1 Å². The highest BCUT2D eigenvalue weighted by Gasteiger charge is 2.72. The van der Waals surface area contributed by atoms with Gasteiger partial charge in [0.25, 0.3) is 5.91 Å². The van der Waals surface area contributed by atoms with Gasteiger partial charge in [-0.1, -0.05) is 85.3 Å². The first-order chi connectivity index (χ1) is 23.7. The molecule has 2 aromatic carbocycles. The smallest absolute Gasteiger partial charge is 0.313 e.